The summed E-state index contributed by atoms with van der Waals surface area (Å²) < 4.78 is 8.15. The number of ether oxygens (including phenoxy) is 1. The molecule has 0 saturated carbocycles. The quantitative estimate of drug-likeness (QED) is 0.160. The minimum atomic E-state index is 0.637. The first-order chi connectivity index (χ1) is 21.2. The lowest BCUT2D eigenvalue weighted by molar-refractivity contribution is -0.106. The third-order valence-corrected chi connectivity index (χ3v) is 7.22. The summed E-state index contributed by atoms with van der Waals surface area (Å²) in [5.41, 5.74) is 5.22. The molecule has 0 amide bonds. The van der Waals surface area contributed by atoms with Gasteiger partial charge in [0.05, 0.1) is 23.6 Å². The Morgan fingerprint density at radius 2 is 1.77 bits per heavy atom. The Hall–Kier alpha value is -4.60. The maximum Gasteiger partial charge on any atom is 0.225 e. The molecule has 0 spiro atoms. The van der Waals surface area contributed by atoms with Gasteiger partial charge in [-0.2, -0.15) is 0 Å². The van der Waals surface area contributed by atoms with Crippen LogP contribution >= 0.6 is 0 Å². The van der Waals surface area contributed by atoms with Gasteiger partial charge in [-0.3, -0.25) is 0 Å². The number of aryl methyl sites for hydroxylation is 2. The first-order valence-electron chi connectivity index (χ1n) is 15.3. The Balaban J connectivity index is 0.000000688. The number of rotatable bonds is 10. The highest BCUT2D eigenvalue weighted by molar-refractivity contribution is 5.87. The number of carbonyl (C=O) groups excluding carboxylic acids is 1. The fraction of sp³-hybridized carbons (Fsp3) is 0.412. The van der Waals surface area contributed by atoms with Gasteiger partial charge in [-0.25, -0.2) is 24.9 Å². The minimum absolute atomic E-state index is 0.637. The van der Waals surface area contributed by atoms with E-state index >= 15 is 0 Å². The van der Waals surface area contributed by atoms with Gasteiger partial charge in [-0.1, -0.05) is 47.0 Å². The summed E-state index contributed by atoms with van der Waals surface area (Å²) in [6.45, 7) is 13.2. The van der Waals surface area contributed by atoms with E-state index in [0.29, 0.717) is 28.7 Å². The van der Waals surface area contributed by atoms with Crippen LogP contribution in [-0.4, -0.2) is 49.4 Å². The third-order valence-electron chi connectivity index (χ3n) is 7.22. The van der Waals surface area contributed by atoms with Crippen molar-refractivity contribution in [2.75, 3.05) is 23.8 Å². The lowest BCUT2D eigenvalue weighted by Gasteiger charge is -2.19. The monoisotopic (exact) mass is 598 g/mol. The van der Waals surface area contributed by atoms with Gasteiger partial charge in [-0.15, -0.1) is 0 Å². The number of fused-ring (bicyclic) bond motifs is 2. The number of nitrogens with one attached hydrogen (secondary N) is 1. The van der Waals surface area contributed by atoms with Crippen molar-refractivity contribution < 1.29 is 9.53 Å². The lowest BCUT2D eigenvalue weighted by Crippen LogP contribution is -2.22. The van der Waals surface area contributed by atoms with Gasteiger partial charge >= 0.3 is 0 Å². The number of aromatic nitrogens is 6. The normalized spacial score (nSPS) is 11.2. The molecule has 44 heavy (non-hydrogen) atoms. The highest BCUT2D eigenvalue weighted by Gasteiger charge is 2.13. The van der Waals surface area contributed by atoms with Crippen molar-refractivity contribution in [3.8, 4) is 11.5 Å². The lowest BCUT2D eigenvalue weighted by atomic mass is 10.1. The van der Waals surface area contributed by atoms with E-state index in [-0.39, 0.29) is 0 Å². The van der Waals surface area contributed by atoms with Gasteiger partial charge in [0.15, 0.2) is 5.82 Å². The summed E-state index contributed by atoms with van der Waals surface area (Å²) in [5.74, 6) is 3.49. The first kappa shape index (κ1) is 33.9. The fourth-order valence-electron chi connectivity index (χ4n) is 4.12. The van der Waals surface area contributed by atoms with Crippen LogP contribution in [0.2, 0.25) is 0 Å². The van der Waals surface area contributed by atoms with Crippen molar-refractivity contribution in [1.29, 1.82) is 0 Å². The molecule has 10 nitrogen and oxygen atoms in total. The van der Waals surface area contributed by atoms with Crippen LogP contribution in [0.15, 0.2) is 55.2 Å². The molecular formula is C34H46N8O2. The van der Waals surface area contributed by atoms with Crippen LogP contribution in [0.25, 0.3) is 22.1 Å². The number of hydrogen-bond acceptors (Lipinski definition) is 9. The second-order valence-electron chi connectivity index (χ2n) is 10.8. The molecular weight excluding hydrogens is 552 g/mol. The first-order valence-corrected chi connectivity index (χ1v) is 15.3. The molecule has 0 fully saturated rings. The molecule has 0 aliphatic carbocycles. The van der Waals surface area contributed by atoms with E-state index in [1.54, 1.807) is 12.5 Å². The number of aldehydes is 1. The zero-order chi connectivity index (χ0) is 32.1. The van der Waals surface area contributed by atoms with Crippen LogP contribution in [0.4, 0.5) is 17.5 Å². The standard InChI is InChI=1S/C28H32N8O.C4H10.C2H4O/c1-6-18(2)11-12-35(4)28-29-15-23-26(34-28)27(31-16-30-23)33-20-7-10-25(19(3)13-20)37-21-8-9-24-22(14-21)32-17-36(24)5;1-3-4-2;1-2-3/h7-10,13-18H,6,11-12H2,1-5H3,(H,30,31,33);3-4H2,1-2H3;2H,1H3. The van der Waals surface area contributed by atoms with E-state index in [4.69, 9.17) is 14.5 Å². The second kappa shape index (κ2) is 16.9. The van der Waals surface area contributed by atoms with Crippen LogP contribution in [-0.2, 0) is 11.8 Å². The van der Waals surface area contributed by atoms with Crippen LogP contribution < -0.4 is 15.0 Å². The predicted molar refractivity (Wildman–Crippen MR) is 180 cm³/mol. The minimum Gasteiger partial charge on any atom is -0.457 e. The SMILES string of the molecule is CC=O.CCC(C)CCN(C)c1ncc2ncnc(Nc3ccc(Oc4ccc5c(c4)ncn5C)c(C)c3)c2n1.CCCC. The van der Waals surface area contributed by atoms with Crippen molar-refractivity contribution in [2.24, 2.45) is 13.0 Å². The average Bonchev–Trinajstić information content (AvgIpc) is 3.41. The molecule has 5 aromatic rings. The maximum absolute atomic E-state index is 8.81. The Kier molecular flexibility index (Phi) is 13.0. The molecule has 3 aromatic heterocycles. The molecule has 0 aliphatic heterocycles. The van der Waals surface area contributed by atoms with E-state index in [2.05, 4.69) is 57.8 Å². The summed E-state index contributed by atoms with van der Waals surface area (Å²) in [6, 6.07) is 11.9. The van der Waals surface area contributed by atoms with E-state index in [0.717, 1.165) is 59.5 Å². The summed E-state index contributed by atoms with van der Waals surface area (Å²) in [7, 11) is 4.00. The van der Waals surface area contributed by atoms with Crippen molar-refractivity contribution in [3.63, 3.8) is 0 Å². The Morgan fingerprint density at radius 1 is 1.02 bits per heavy atom. The van der Waals surface area contributed by atoms with Crippen LogP contribution in [0.3, 0.4) is 0 Å². The van der Waals surface area contributed by atoms with Crippen LogP contribution in [0.1, 0.15) is 65.9 Å². The molecule has 0 radical (unpaired) electrons. The number of anilines is 3. The van der Waals surface area contributed by atoms with E-state index in [1.165, 1.54) is 26.1 Å². The zero-order valence-corrected chi connectivity index (χ0v) is 27.3. The summed E-state index contributed by atoms with van der Waals surface area (Å²) in [6.07, 6.45) is 10.7. The molecule has 1 unspecified atom stereocenters. The Labute approximate surface area is 260 Å². The highest BCUT2D eigenvalue weighted by atomic mass is 16.5. The molecule has 1 atom stereocenters. The predicted octanol–water partition coefficient (Wildman–Crippen LogP) is 8.03. The van der Waals surface area contributed by atoms with Crippen molar-refractivity contribution in [3.05, 3.63) is 60.8 Å². The maximum atomic E-state index is 8.81. The molecule has 5 rings (SSSR count). The molecule has 0 aliphatic rings. The van der Waals surface area contributed by atoms with E-state index in [9.17, 15) is 0 Å². The number of benzene rings is 2. The highest BCUT2D eigenvalue weighted by Crippen LogP contribution is 2.31. The average molecular weight is 599 g/mol. The Bertz CT molecular complexity index is 1630. The summed E-state index contributed by atoms with van der Waals surface area (Å²) in [5, 5.41) is 3.40. The number of unbranched alkanes of at least 4 members (excludes halogenated alkanes) is 1. The largest absolute Gasteiger partial charge is 0.457 e. The molecule has 1 N–H and O–H groups in total. The van der Waals surface area contributed by atoms with Gasteiger partial charge in [0.2, 0.25) is 5.95 Å². The fourth-order valence-corrected chi connectivity index (χ4v) is 4.12. The number of nitrogens with zero attached hydrogens (tertiary/aromatic N) is 7. The summed E-state index contributed by atoms with van der Waals surface area (Å²) in [4.78, 5) is 33.4. The van der Waals surface area contributed by atoms with Crippen LogP contribution in [0.5, 0.6) is 11.5 Å². The number of carbonyl (C=O) groups is 1. The second-order valence-corrected chi connectivity index (χ2v) is 10.8. The molecule has 3 heterocycles. The van der Waals surface area contributed by atoms with Gasteiger partial charge in [-0.05, 0) is 62.1 Å². The zero-order valence-electron chi connectivity index (χ0n) is 27.3. The third kappa shape index (κ3) is 9.20. The van der Waals surface area contributed by atoms with Crippen molar-refractivity contribution in [1.82, 2.24) is 29.5 Å². The van der Waals surface area contributed by atoms with Crippen molar-refractivity contribution >= 4 is 45.8 Å². The smallest absolute Gasteiger partial charge is 0.225 e. The summed E-state index contributed by atoms with van der Waals surface area (Å²) >= 11 is 0. The molecule has 2 aromatic carbocycles. The topological polar surface area (TPSA) is 111 Å². The molecule has 0 saturated heterocycles. The molecule has 0 bridgehead atoms. The van der Waals surface area contributed by atoms with Crippen molar-refractivity contribution in [2.45, 2.75) is 67.2 Å². The molecule has 10 heteroatoms. The van der Waals surface area contributed by atoms with E-state index < -0.39 is 0 Å². The number of hydrogen-bond donors (Lipinski definition) is 1. The molecule has 234 valence electrons. The number of imidazole rings is 1. The van der Waals surface area contributed by atoms with Gasteiger partial charge < -0.3 is 24.3 Å². The van der Waals surface area contributed by atoms with Gasteiger partial charge in [0.1, 0.15) is 35.1 Å². The van der Waals surface area contributed by atoms with E-state index in [1.807, 2.05) is 62.0 Å². The van der Waals surface area contributed by atoms with Gasteiger partial charge in [0, 0.05) is 32.4 Å². The van der Waals surface area contributed by atoms with Crippen LogP contribution in [0, 0.1) is 12.8 Å². The van der Waals surface area contributed by atoms with Gasteiger partial charge in [0.25, 0.3) is 0 Å². The Morgan fingerprint density at radius 3 is 2.45 bits per heavy atom.